The fourth-order valence-electron chi connectivity index (χ4n) is 1.91. The van der Waals surface area contributed by atoms with Crippen LogP contribution >= 0.6 is 0 Å². The molecule has 0 radical (unpaired) electrons. The molecule has 0 saturated heterocycles. The van der Waals surface area contributed by atoms with E-state index in [0.29, 0.717) is 0 Å². The summed E-state index contributed by atoms with van der Waals surface area (Å²) in [6, 6.07) is 11.2. The number of halogens is 2. The lowest BCUT2D eigenvalue weighted by atomic mass is 9.96. The Bertz CT molecular complexity index is 801. The van der Waals surface area contributed by atoms with Crippen LogP contribution in [0.5, 0.6) is 0 Å². The molecule has 2 rings (SSSR count). The number of benzene rings is 2. The van der Waals surface area contributed by atoms with Gasteiger partial charge in [0.05, 0.1) is 22.3 Å². The summed E-state index contributed by atoms with van der Waals surface area (Å²) in [6.07, 6.45) is 0. The maximum absolute atomic E-state index is 13.7. The summed E-state index contributed by atoms with van der Waals surface area (Å²) >= 11 is 0. The molecule has 0 amide bonds. The van der Waals surface area contributed by atoms with Crippen molar-refractivity contribution in [2.24, 2.45) is 0 Å². The molecule has 2 aromatic carbocycles. The molecule has 0 aliphatic heterocycles. The minimum atomic E-state index is -0.947. The molecule has 116 valence electrons. The molecule has 2 aromatic rings. The van der Waals surface area contributed by atoms with Gasteiger partial charge in [0.15, 0.2) is 11.6 Å². The highest BCUT2D eigenvalue weighted by Gasteiger charge is 2.15. The van der Waals surface area contributed by atoms with Gasteiger partial charge in [-0.1, -0.05) is 13.8 Å². The first-order valence-corrected chi connectivity index (χ1v) is 6.83. The molecule has 0 heterocycles. The van der Waals surface area contributed by atoms with E-state index in [2.05, 4.69) is 0 Å². The lowest BCUT2D eigenvalue weighted by Gasteiger charge is -2.07. The van der Waals surface area contributed by atoms with E-state index in [1.165, 1.54) is 24.3 Å². The zero-order chi connectivity index (χ0) is 18.3. The summed E-state index contributed by atoms with van der Waals surface area (Å²) in [5, 5.41) is 35.6. The summed E-state index contributed by atoms with van der Waals surface area (Å²) in [7, 11) is 0. The van der Waals surface area contributed by atoms with Crippen molar-refractivity contribution < 1.29 is 8.78 Å². The maximum atomic E-state index is 13.7. The summed E-state index contributed by atoms with van der Waals surface area (Å²) in [4.78, 5) is 0. The molecule has 0 fully saturated rings. The molecular formula is C18H10F2N4. The number of rotatable bonds is 1. The minimum absolute atomic E-state index is 0.238. The number of hydrogen-bond acceptors (Lipinski definition) is 4. The van der Waals surface area contributed by atoms with E-state index < -0.39 is 11.6 Å². The van der Waals surface area contributed by atoms with Crippen LogP contribution in [0.3, 0.4) is 0 Å². The molecule has 4 nitrogen and oxygen atoms in total. The third-order valence-corrected chi connectivity index (χ3v) is 2.96. The van der Waals surface area contributed by atoms with Crippen LogP contribution in [0.4, 0.5) is 8.78 Å². The van der Waals surface area contributed by atoms with E-state index in [1.54, 1.807) is 24.3 Å². The van der Waals surface area contributed by atoms with Crippen molar-refractivity contribution >= 4 is 0 Å². The predicted octanol–water partition coefficient (Wildman–Crippen LogP) is 4.14. The molecule has 0 aliphatic carbocycles. The van der Waals surface area contributed by atoms with E-state index in [-0.39, 0.29) is 33.4 Å². The van der Waals surface area contributed by atoms with Crippen molar-refractivity contribution in [3.8, 4) is 35.4 Å². The summed E-state index contributed by atoms with van der Waals surface area (Å²) in [6.45, 7) is 4.00. The van der Waals surface area contributed by atoms with Crippen LogP contribution in [-0.2, 0) is 0 Å². The molecule has 24 heavy (non-hydrogen) atoms. The highest BCUT2D eigenvalue weighted by Crippen LogP contribution is 2.28. The first kappa shape index (κ1) is 18.3. The topological polar surface area (TPSA) is 95.2 Å². The van der Waals surface area contributed by atoms with Crippen molar-refractivity contribution in [1.29, 1.82) is 21.0 Å². The summed E-state index contributed by atoms with van der Waals surface area (Å²) in [5.41, 5.74) is -0.929. The Morgan fingerprint density at radius 1 is 0.583 bits per heavy atom. The van der Waals surface area contributed by atoms with Crippen molar-refractivity contribution in [2.45, 2.75) is 13.8 Å². The molecule has 0 atom stereocenters. The monoisotopic (exact) mass is 320 g/mol. The second-order valence-corrected chi connectivity index (χ2v) is 4.22. The normalized spacial score (nSPS) is 8.67. The Balaban J connectivity index is 0.00000139. The van der Waals surface area contributed by atoms with E-state index in [9.17, 15) is 8.78 Å². The van der Waals surface area contributed by atoms with Gasteiger partial charge in [0.1, 0.15) is 24.3 Å². The van der Waals surface area contributed by atoms with Gasteiger partial charge in [-0.2, -0.15) is 21.0 Å². The maximum Gasteiger partial charge on any atom is 0.158 e. The Hall–Kier alpha value is -3.74. The molecule has 0 N–H and O–H groups in total. The number of hydrogen-bond donors (Lipinski definition) is 0. The van der Waals surface area contributed by atoms with Crippen LogP contribution in [0.1, 0.15) is 36.1 Å². The fourth-order valence-corrected chi connectivity index (χ4v) is 1.91. The van der Waals surface area contributed by atoms with Crippen LogP contribution in [0, 0.1) is 57.0 Å². The lowest BCUT2D eigenvalue weighted by molar-refractivity contribution is 0.619. The van der Waals surface area contributed by atoms with E-state index in [4.69, 9.17) is 21.0 Å². The molecule has 0 unspecified atom stereocenters. The van der Waals surface area contributed by atoms with Gasteiger partial charge in [0, 0.05) is 0 Å². The van der Waals surface area contributed by atoms with E-state index >= 15 is 0 Å². The minimum Gasteiger partial charge on any atom is -0.204 e. The van der Waals surface area contributed by atoms with Crippen molar-refractivity contribution in [2.75, 3.05) is 0 Å². The SMILES string of the molecule is CC.N#Cc1cc(-c2cc(C#N)c(F)c(C#N)c2)cc(C#N)c1F. The second kappa shape index (κ2) is 8.04. The molecule has 6 heteroatoms. The highest BCUT2D eigenvalue weighted by atomic mass is 19.1. The largest absolute Gasteiger partial charge is 0.204 e. The summed E-state index contributed by atoms with van der Waals surface area (Å²) in [5.74, 6) is -1.89. The fraction of sp³-hybridized carbons (Fsp3) is 0.111. The van der Waals surface area contributed by atoms with Gasteiger partial charge in [-0.25, -0.2) is 8.78 Å². The molecule has 0 spiro atoms. The third kappa shape index (κ3) is 3.36. The van der Waals surface area contributed by atoms with Gasteiger partial charge in [0.2, 0.25) is 0 Å². The smallest absolute Gasteiger partial charge is 0.158 e. The first-order chi connectivity index (χ1) is 11.5. The average Bonchev–Trinajstić information content (AvgIpc) is 2.63. The Morgan fingerprint density at radius 2 is 0.792 bits per heavy atom. The summed E-state index contributed by atoms with van der Waals surface area (Å²) < 4.78 is 27.4. The van der Waals surface area contributed by atoms with Gasteiger partial charge in [-0.05, 0) is 35.4 Å². The van der Waals surface area contributed by atoms with Crippen molar-refractivity contribution in [3.05, 3.63) is 58.2 Å². The lowest BCUT2D eigenvalue weighted by Crippen LogP contribution is -1.95. The Morgan fingerprint density at radius 3 is 0.958 bits per heavy atom. The number of nitriles is 4. The third-order valence-electron chi connectivity index (χ3n) is 2.96. The van der Waals surface area contributed by atoms with Gasteiger partial charge < -0.3 is 0 Å². The zero-order valence-electron chi connectivity index (χ0n) is 12.9. The second-order valence-electron chi connectivity index (χ2n) is 4.22. The highest BCUT2D eigenvalue weighted by molar-refractivity contribution is 5.71. The van der Waals surface area contributed by atoms with E-state index in [1.807, 2.05) is 13.8 Å². The average molecular weight is 320 g/mol. The quantitative estimate of drug-likeness (QED) is 0.788. The first-order valence-electron chi connectivity index (χ1n) is 6.83. The Labute approximate surface area is 138 Å². The zero-order valence-corrected chi connectivity index (χ0v) is 12.9. The van der Waals surface area contributed by atoms with Crippen LogP contribution < -0.4 is 0 Å². The van der Waals surface area contributed by atoms with Gasteiger partial charge in [-0.3, -0.25) is 0 Å². The van der Waals surface area contributed by atoms with Crippen LogP contribution in [0.25, 0.3) is 11.1 Å². The van der Waals surface area contributed by atoms with Gasteiger partial charge in [0.25, 0.3) is 0 Å². The molecule has 0 bridgehead atoms. The van der Waals surface area contributed by atoms with Crippen LogP contribution in [0.15, 0.2) is 24.3 Å². The molecule has 0 aliphatic rings. The van der Waals surface area contributed by atoms with Crippen molar-refractivity contribution in [3.63, 3.8) is 0 Å². The van der Waals surface area contributed by atoms with Crippen molar-refractivity contribution in [1.82, 2.24) is 0 Å². The van der Waals surface area contributed by atoms with Crippen LogP contribution in [0.2, 0.25) is 0 Å². The molecule has 0 saturated carbocycles. The van der Waals surface area contributed by atoms with E-state index in [0.717, 1.165) is 0 Å². The standard InChI is InChI=1S/C16H4F2N4.C2H6/c17-15-11(5-19)1-9(2-12(15)6-20)10-3-13(7-21)16(18)14(4-10)8-22;1-2/h1-4H;1-2H3. The molecule has 0 aromatic heterocycles. The van der Waals surface area contributed by atoms with Gasteiger partial charge in [-0.15, -0.1) is 0 Å². The Kier molecular flexibility index (Phi) is 6.13. The predicted molar refractivity (Wildman–Crippen MR) is 82.0 cm³/mol. The number of nitrogens with zero attached hydrogens (tertiary/aromatic N) is 4. The van der Waals surface area contributed by atoms with Gasteiger partial charge >= 0.3 is 0 Å². The molecular weight excluding hydrogens is 310 g/mol. The van der Waals surface area contributed by atoms with Crippen LogP contribution in [-0.4, -0.2) is 0 Å².